The number of amides is 2. The first-order valence-electron chi connectivity index (χ1n) is 6.15. The van der Waals surface area contributed by atoms with E-state index >= 15 is 0 Å². The van der Waals surface area contributed by atoms with Crippen molar-refractivity contribution < 1.29 is 9.90 Å². The zero-order chi connectivity index (χ0) is 12.8. The predicted molar refractivity (Wildman–Crippen MR) is 66.8 cm³/mol. The molecule has 2 saturated heterocycles. The van der Waals surface area contributed by atoms with Gasteiger partial charge in [0.05, 0.1) is 6.10 Å². The first-order valence-corrected chi connectivity index (χ1v) is 6.15. The van der Waals surface area contributed by atoms with E-state index in [0.29, 0.717) is 13.1 Å². The molecule has 2 aliphatic heterocycles. The topological polar surface area (TPSA) is 73.0 Å². The molecule has 17 heavy (non-hydrogen) atoms. The molecule has 0 aliphatic carbocycles. The normalized spacial score (nSPS) is 25.5. The third kappa shape index (κ3) is 3.83. The van der Waals surface area contributed by atoms with Crippen molar-refractivity contribution in [3.05, 3.63) is 0 Å². The van der Waals surface area contributed by atoms with Gasteiger partial charge >= 0.3 is 6.03 Å². The van der Waals surface area contributed by atoms with Crippen molar-refractivity contribution in [1.29, 1.82) is 0 Å². The number of aliphatic hydroxyl groups is 1. The summed E-state index contributed by atoms with van der Waals surface area (Å²) in [6.07, 6.45) is 0.404. The monoisotopic (exact) mass is 244 g/mol. The summed E-state index contributed by atoms with van der Waals surface area (Å²) in [6.45, 7) is 4.71. The van der Waals surface area contributed by atoms with E-state index in [1.54, 1.807) is 4.90 Å². The highest BCUT2D eigenvalue weighted by Crippen LogP contribution is 2.12. The van der Waals surface area contributed by atoms with Crippen molar-refractivity contribution in [2.24, 2.45) is 5.73 Å². The summed E-state index contributed by atoms with van der Waals surface area (Å²) < 4.78 is 0. The van der Waals surface area contributed by atoms with Gasteiger partial charge in [0.15, 0.2) is 0 Å². The van der Waals surface area contributed by atoms with Gasteiger partial charge in [-0.3, -0.25) is 0 Å². The third-order valence-corrected chi connectivity index (χ3v) is 3.21. The van der Waals surface area contributed by atoms with Crippen molar-refractivity contribution in [2.45, 2.75) is 12.5 Å². The Morgan fingerprint density at radius 3 is 2.18 bits per heavy atom. The zero-order valence-corrected chi connectivity index (χ0v) is 10.8. The van der Waals surface area contributed by atoms with Crippen LogP contribution in [-0.4, -0.2) is 85.3 Å². The van der Waals surface area contributed by atoms with Gasteiger partial charge in [-0.15, -0.1) is 0 Å². The van der Waals surface area contributed by atoms with Crippen LogP contribution in [0.25, 0.3) is 0 Å². The Morgan fingerprint density at radius 2 is 1.71 bits per heavy atom. The van der Waals surface area contributed by atoms with Crippen molar-refractivity contribution >= 4 is 6.03 Å². The Hall–Kier alpha value is -0.850. The van der Waals surface area contributed by atoms with E-state index in [2.05, 4.69) is 17.7 Å². The Balaban J connectivity index is 0.000000686. The quantitative estimate of drug-likeness (QED) is 0.573. The van der Waals surface area contributed by atoms with Gasteiger partial charge in [-0.05, 0) is 20.5 Å². The number of hydrogen-bond acceptors (Lipinski definition) is 4. The van der Waals surface area contributed by atoms with E-state index in [4.69, 9.17) is 0 Å². The summed E-state index contributed by atoms with van der Waals surface area (Å²) in [5, 5.41) is 9.37. The second-order valence-corrected chi connectivity index (χ2v) is 4.46. The lowest BCUT2D eigenvalue weighted by molar-refractivity contribution is 0.121. The van der Waals surface area contributed by atoms with E-state index in [1.165, 1.54) is 7.05 Å². The van der Waals surface area contributed by atoms with E-state index in [9.17, 15) is 9.90 Å². The molecule has 6 heteroatoms. The molecule has 2 amide bonds. The summed E-state index contributed by atoms with van der Waals surface area (Å²) in [7, 11) is 3.57. The second-order valence-electron chi connectivity index (χ2n) is 4.46. The molecular formula is C11H24N4O2. The Bertz CT molecular complexity index is 242. The van der Waals surface area contributed by atoms with Gasteiger partial charge < -0.3 is 25.5 Å². The number of likely N-dealkylation sites (tertiary alicyclic amines) is 1. The molecule has 0 bridgehead atoms. The molecule has 0 spiro atoms. The van der Waals surface area contributed by atoms with Crippen molar-refractivity contribution in [3.63, 3.8) is 0 Å². The standard InChI is InChI=1S/C10H19N3O2.CH5N/c1-11-4-6-12(7-5-11)10(15)13-3-2-9(14)8-13;1-2/h9,14H,2-8H2,1H3;2H2,1H3. The minimum absolute atomic E-state index is 0.0969. The maximum Gasteiger partial charge on any atom is 0.320 e. The van der Waals surface area contributed by atoms with Crippen LogP contribution >= 0.6 is 0 Å². The number of likely N-dealkylation sites (N-methyl/N-ethyl adjacent to an activating group) is 1. The molecule has 3 N–H and O–H groups in total. The van der Waals surface area contributed by atoms with Gasteiger partial charge in [0.2, 0.25) is 0 Å². The molecule has 0 radical (unpaired) electrons. The number of urea groups is 1. The third-order valence-electron chi connectivity index (χ3n) is 3.21. The second kappa shape index (κ2) is 6.78. The molecule has 2 aliphatic rings. The Labute approximate surface area is 103 Å². The summed E-state index contributed by atoms with van der Waals surface area (Å²) in [5.74, 6) is 0. The molecule has 0 aromatic rings. The van der Waals surface area contributed by atoms with E-state index in [0.717, 1.165) is 32.6 Å². The van der Waals surface area contributed by atoms with Crippen LogP contribution < -0.4 is 5.73 Å². The highest BCUT2D eigenvalue weighted by Gasteiger charge is 2.29. The SMILES string of the molecule is CN.CN1CCN(C(=O)N2CCC(O)C2)CC1. The molecule has 6 nitrogen and oxygen atoms in total. The average molecular weight is 244 g/mol. The van der Waals surface area contributed by atoms with Crippen LogP contribution in [0.2, 0.25) is 0 Å². The van der Waals surface area contributed by atoms with Gasteiger partial charge in [-0.25, -0.2) is 4.79 Å². The molecule has 2 heterocycles. The van der Waals surface area contributed by atoms with Crippen molar-refractivity contribution in [3.8, 4) is 0 Å². The largest absolute Gasteiger partial charge is 0.391 e. The van der Waals surface area contributed by atoms with Crippen LogP contribution in [0.3, 0.4) is 0 Å². The first-order chi connectivity index (χ1) is 8.16. The highest BCUT2D eigenvalue weighted by atomic mass is 16.3. The molecule has 1 unspecified atom stereocenters. The molecule has 2 fully saturated rings. The number of hydrogen-bond donors (Lipinski definition) is 2. The fourth-order valence-electron chi connectivity index (χ4n) is 2.11. The Kier molecular flexibility index (Phi) is 5.67. The fourth-order valence-corrected chi connectivity index (χ4v) is 2.11. The number of carbonyl (C=O) groups excluding carboxylic acids is 1. The number of β-amino-alcohol motifs (C(OH)–C–C–N with tert-alkyl or cyclic N) is 1. The summed E-state index contributed by atoms with van der Waals surface area (Å²) in [6, 6.07) is 0.0969. The fraction of sp³-hybridized carbons (Fsp3) is 0.909. The lowest BCUT2D eigenvalue weighted by atomic mass is 10.3. The molecule has 100 valence electrons. The number of carbonyl (C=O) groups is 1. The summed E-state index contributed by atoms with van der Waals surface area (Å²) >= 11 is 0. The predicted octanol–water partition coefficient (Wildman–Crippen LogP) is -1.00. The lowest BCUT2D eigenvalue weighted by Gasteiger charge is -2.34. The molecule has 0 aromatic carbocycles. The highest BCUT2D eigenvalue weighted by molar-refractivity contribution is 5.75. The van der Waals surface area contributed by atoms with Gasteiger partial charge in [-0.1, -0.05) is 0 Å². The van der Waals surface area contributed by atoms with Crippen LogP contribution in [0.1, 0.15) is 6.42 Å². The minimum atomic E-state index is -0.318. The number of nitrogens with two attached hydrogens (primary N) is 1. The van der Waals surface area contributed by atoms with Gasteiger partial charge in [0.1, 0.15) is 0 Å². The number of rotatable bonds is 0. The van der Waals surface area contributed by atoms with Crippen LogP contribution in [0.4, 0.5) is 4.79 Å². The van der Waals surface area contributed by atoms with Crippen LogP contribution in [0.15, 0.2) is 0 Å². The lowest BCUT2D eigenvalue weighted by Crippen LogP contribution is -2.51. The van der Waals surface area contributed by atoms with Crippen LogP contribution in [-0.2, 0) is 0 Å². The van der Waals surface area contributed by atoms with Crippen LogP contribution in [0, 0.1) is 0 Å². The zero-order valence-electron chi connectivity index (χ0n) is 10.8. The van der Waals surface area contributed by atoms with Gasteiger partial charge in [0, 0.05) is 39.3 Å². The van der Waals surface area contributed by atoms with E-state index in [1.807, 2.05) is 4.90 Å². The first kappa shape index (κ1) is 14.2. The number of piperazine rings is 1. The maximum atomic E-state index is 12.0. The van der Waals surface area contributed by atoms with Crippen molar-refractivity contribution in [2.75, 3.05) is 53.4 Å². The average Bonchev–Trinajstić information content (AvgIpc) is 2.79. The smallest absolute Gasteiger partial charge is 0.320 e. The molecule has 0 aromatic heterocycles. The number of aliphatic hydroxyl groups excluding tert-OH is 1. The van der Waals surface area contributed by atoms with Crippen molar-refractivity contribution in [1.82, 2.24) is 14.7 Å². The molecule has 1 atom stereocenters. The maximum absolute atomic E-state index is 12.0. The van der Waals surface area contributed by atoms with Gasteiger partial charge in [0.25, 0.3) is 0 Å². The minimum Gasteiger partial charge on any atom is -0.391 e. The molecule has 2 rings (SSSR count). The van der Waals surface area contributed by atoms with E-state index in [-0.39, 0.29) is 12.1 Å². The van der Waals surface area contributed by atoms with Gasteiger partial charge in [-0.2, -0.15) is 0 Å². The summed E-state index contributed by atoms with van der Waals surface area (Å²) in [5.41, 5.74) is 4.50. The molecule has 0 saturated carbocycles. The Morgan fingerprint density at radius 1 is 1.12 bits per heavy atom. The van der Waals surface area contributed by atoms with E-state index < -0.39 is 0 Å². The van der Waals surface area contributed by atoms with Crippen LogP contribution in [0.5, 0.6) is 0 Å². The summed E-state index contributed by atoms with van der Waals surface area (Å²) in [4.78, 5) is 17.8. The number of nitrogens with zero attached hydrogens (tertiary/aromatic N) is 3. The molecular weight excluding hydrogens is 220 g/mol.